The molecule has 0 unspecified atom stereocenters. The van der Waals surface area contributed by atoms with Gasteiger partial charge in [0, 0.05) is 4.88 Å². The predicted octanol–water partition coefficient (Wildman–Crippen LogP) is 3.44. The van der Waals surface area contributed by atoms with Gasteiger partial charge < -0.3 is 5.32 Å². The van der Waals surface area contributed by atoms with Gasteiger partial charge in [-0.05, 0) is 50.2 Å². The molecule has 1 amide bonds. The molecule has 0 bridgehead atoms. The number of hydrogen-bond acceptors (Lipinski definition) is 3. The molecule has 19 heavy (non-hydrogen) atoms. The maximum Gasteiger partial charge on any atom is 0.262 e. The summed E-state index contributed by atoms with van der Waals surface area (Å²) in [4.78, 5) is 14.4. The second-order valence-corrected chi connectivity index (χ2v) is 6.26. The smallest absolute Gasteiger partial charge is 0.262 e. The molecule has 0 saturated heterocycles. The van der Waals surface area contributed by atoms with E-state index in [0.29, 0.717) is 12.8 Å². The minimum atomic E-state index is -0.721. The van der Waals surface area contributed by atoms with E-state index in [-0.39, 0.29) is 5.91 Å². The lowest BCUT2D eigenvalue weighted by atomic mass is 9.94. The van der Waals surface area contributed by atoms with Crippen LogP contribution in [0.5, 0.6) is 0 Å². The van der Waals surface area contributed by atoms with Crippen molar-refractivity contribution in [3.8, 4) is 6.07 Å². The minimum Gasteiger partial charge on any atom is -0.333 e. The summed E-state index contributed by atoms with van der Waals surface area (Å²) in [6.07, 6.45) is 5.90. The lowest BCUT2D eigenvalue weighted by Gasteiger charge is -2.24. The third-order valence-corrected chi connectivity index (χ3v) is 5.23. The number of amides is 1. The number of aryl methyl sites for hydroxylation is 2. The van der Waals surface area contributed by atoms with Gasteiger partial charge in [-0.25, -0.2) is 0 Å². The number of thiophene rings is 1. The van der Waals surface area contributed by atoms with Crippen molar-refractivity contribution in [1.82, 2.24) is 5.32 Å². The Labute approximate surface area is 118 Å². The van der Waals surface area contributed by atoms with Crippen molar-refractivity contribution >= 4 is 17.2 Å². The number of nitrogens with zero attached hydrogens (tertiary/aromatic N) is 1. The third-order valence-electron chi connectivity index (χ3n) is 3.99. The Morgan fingerprint density at radius 1 is 1.42 bits per heavy atom. The number of carbonyl (C=O) groups excluding carboxylic acids is 1. The van der Waals surface area contributed by atoms with Gasteiger partial charge in [-0.2, -0.15) is 5.26 Å². The Bertz CT molecular complexity index is 485. The van der Waals surface area contributed by atoms with E-state index in [1.54, 1.807) is 11.3 Å². The molecule has 0 spiro atoms. The molecular formula is C15H20N2OS. The highest BCUT2D eigenvalue weighted by Crippen LogP contribution is 2.30. The van der Waals surface area contributed by atoms with Crippen molar-refractivity contribution in [2.24, 2.45) is 0 Å². The first kappa shape index (κ1) is 14.1. The number of hydrogen-bond donors (Lipinski definition) is 1. The largest absolute Gasteiger partial charge is 0.333 e. The predicted molar refractivity (Wildman–Crippen MR) is 77.4 cm³/mol. The van der Waals surface area contributed by atoms with Gasteiger partial charge in [0.2, 0.25) is 0 Å². The van der Waals surface area contributed by atoms with Gasteiger partial charge in [0.15, 0.2) is 0 Å². The molecule has 1 heterocycles. The molecule has 1 aromatic heterocycles. The summed E-state index contributed by atoms with van der Waals surface area (Å²) < 4.78 is 0. The highest BCUT2D eigenvalue weighted by Gasteiger charge is 2.29. The zero-order valence-corrected chi connectivity index (χ0v) is 12.4. The average Bonchev–Trinajstić information content (AvgIpc) is 2.89. The van der Waals surface area contributed by atoms with E-state index >= 15 is 0 Å². The second kappa shape index (κ2) is 5.75. The van der Waals surface area contributed by atoms with Crippen molar-refractivity contribution in [2.75, 3.05) is 0 Å². The molecule has 2 rings (SSSR count). The lowest BCUT2D eigenvalue weighted by Crippen LogP contribution is -2.46. The number of rotatable bonds is 4. The van der Waals surface area contributed by atoms with E-state index in [0.717, 1.165) is 17.7 Å². The summed E-state index contributed by atoms with van der Waals surface area (Å²) in [7, 11) is 0. The molecule has 0 saturated carbocycles. The molecule has 1 N–H and O–H groups in total. The van der Waals surface area contributed by atoms with Crippen LogP contribution in [0.2, 0.25) is 0 Å². The minimum absolute atomic E-state index is 0.0929. The summed E-state index contributed by atoms with van der Waals surface area (Å²) in [5.41, 5.74) is 0.610. The molecule has 102 valence electrons. The van der Waals surface area contributed by atoms with Crippen LogP contribution in [0, 0.1) is 11.3 Å². The second-order valence-electron chi connectivity index (χ2n) is 5.12. The van der Waals surface area contributed by atoms with Gasteiger partial charge in [0.1, 0.15) is 5.54 Å². The summed E-state index contributed by atoms with van der Waals surface area (Å²) in [6, 6.07) is 4.27. The molecule has 4 heteroatoms. The summed E-state index contributed by atoms with van der Waals surface area (Å²) in [6.45, 7) is 3.87. The fourth-order valence-corrected chi connectivity index (χ4v) is 3.64. The van der Waals surface area contributed by atoms with Gasteiger partial charge in [-0.1, -0.05) is 13.8 Å². The normalized spacial score (nSPS) is 14.6. The highest BCUT2D eigenvalue weighted by molar-refractivity contribution is 7.14. The van der Waals surface area contributed by atoms with Crippen LogP contribution in [0.25, 0.3) is 0 Å². The van der Waals surface area contributed by atoms with Crippen LogP contribution in [-0.4, -0.2) is 11.4 Å². The first-order valence-corrected chi connectivity index (χ1v) is 7.81. The van der Waals surface area contributed by atoms with Crippen LogP contribution in [0.1, 0.15) is 59.6 Å². The van der Waals surface area contributed by atoms with E-state index in [2.05, 4.69) is 11.4 Å². The van der Waals surface area contributed by atoms with Crippen molar-refractivity contribution < 1.29 is 4.79 Å². The first-order valence-electron chi connectivity index (χ1n) is 6.99. The van der Waals surface area contributed by atoms with E-state index in [1.165, 1.54) is 23.3 Å². The fraction of sp³-hybridized carbons (Fsp3) is 0.600. The maximum absolute atomic E-state index is 12.3. The van der Waals surface area contributed by atoms with Crippen LogP contribution >= 0.6 is 11.3 Å². The number of nitriles is 1. The highest BCUT2D eigenvalue weighted by atomic mass is 32.1. The third kappa shape index (κ3) is 2.82. The quantitative estimate of drug-likeness (QED) is 0.916. The van der Waals surface area contributed by atoms with Gasteiger partial charge >= 0.3 is 0 Å². The molecule has 0 fully saturated rings. The monoisotopic (exact) mass is 276 g/mol. The molecule has 1 aliphatic rings. The fourth-order valence-electron chi connectivity index (χ4n) is 2.49. The van der Waals surface area contributed by atoms with Gasteiger partial charge in [-0.15, -0.1) is 11.3 Å². The zero-order chi connectivity index (χ0) is 13.9. The average molecular weight is 276 g/mol. The topological polar surface area (TPSA) is 52.9 Å². The Hall–Kier alpha value is -1.34. The molecule has 1 aromatic rings. The van der Waals surface area contributed by atoms with Crippen LogP contribution in [-0.2, 0) is 12.8 Å². The Morgan fingerprint density at radius 3 is 2.68 bits per heavy atom. The standard InChI is InChI=1S/C15H20N2OS/c1-3-15(4-2,10-16)17-14(18)13-9-11-7-5-6-8-12(11)19-13/h9H,3-8H2,1-2H3,(H,17,18). The summed E-state index contributed by atoms with van der Waals surface area (Å²) >= 11 is 1.59. The maximum atomic E-state index is 12.3. The Kier molecular flexibility index (Phi) is 4.26. The number of fused-ring (bicyclic) bond motifs is 1. The molecule has 0 radical (unpaired) electrons. The molecule has 0 aromatic carbocycles. The van der Waals surface area contributed by atoms with Crippen LogP contribution in [0.15, 0.2) is 6.07 Å². The van der Waals surface area contributed by atoms with Gasteiger partial charge in [-0.3, -0.25) is 4.79 Å². The SMILES string of the molecule is CCC(C#N)(CC)NC(=O)c1cc2c(s1)CCCC2. The Morgan fingerprint density at radius 2 is 2.11 bits per heavy atom. The van der Waals surface area contributed by atoms with Gasteiger partial charge in [0.05, 0.1) is 10.9 Å². The van der Waals surface area contributed by atoms with Crippen molar-refractivity contribution in [3.05, 3.63) is 21.4 Å². The van der Waals surface area contributed by atoms with Crippen LogP contribution in [0.4, 0.5) is 0 Å². The Balaban J connectivity index is 2.16. The molecule has 3 nitrogen and oxygen atoms in total. The van der Waals surface area contributed by atoms with E-state index < -0.39 is 5.54 Å². The molecule has 0 atom stereocenters. The zero-order valence-electron chi connectivity index (χ0n) is 11.6. The van der Waals surface area contributed by atoms with E-state index in [4.69, 9.17) is 0 Å². The van der Waals surface area contributed by atoms with Crippen molar-refractivity contribution in [2.45, 2.75) is 57.9 Å². The summed E-state index contributed by atoms with van der Waals surface area (Å²) in [5, 5.41) is 12.2. The van der Waals surface area contributed by atoms with E-state index in [9.17, 15) is 10.1 Å². The molecule has 1 aliphatic carbocycles. The molecular weight excluding hydrogens is 256 g/mol. The van der Waals surface area contributed by atoms with Crippen molar-refractivity contribution in [1.29, 1.82) is 5.26 Å². The van der Waals surface area contributed by atoms with Crippen LogP contribution < -0.4 is 5.32 Å². The van der Waals surface area contributed by atoms with Crippen LogP contribution in [0.3, 0.4) is 0 Å². The van der Waals surface area contributed by atoms with Gasteiger partial charge in [0.25, 0.3) is 5.91 Å². The van der Waals surface area contributed by atoms with E-state index in [1.807, 2.05) is 19.9 Å². The van der Waals surface area contributed by atoms with Crippen molar-refractivity contribution in [3.63, 3.8) is 0 Å². The molecule has 0 aliphatic heterocycles. The number of carbonyl (C=O) groups is 1. The first-order chi connectivity index (χ1) is 9.14. The number of nitrogens with one attached hydrogen (secondary N) is 1. The summed E-state index contributed by atoms with van der Waals surface area (Å²) in [5.74, 6) is -0.0929. The lowest BCUT2D eigenvalue weighted by molar-refractivity contribution is 0.0919.